The van der Waals surface area contributed by atoms with Crippen molar-refractivity contribution in [1.29, 1.82) is 0 Å². The Bertz CT molecular complexity index is 475. The second-order valence-electron chi connectivity index (χ2n) is 6.92. The molecule has 4 fully saturated rings. The van der Waals surface area contributed by atoms with Gasteiger partial charge in [0.15, 0.2) is 5.82 Å². The van der Waals surface area contributed by atoms with Gasteiger partial charge in [0.2, 0.25) is 0 Å². The summed E-state index contributed by atoms with van der Waals surface area (Å²) >= 11 is 0. The van der Waals surface area contributed by atoms with E-state index in [-0.39, 0.29) is 5.54 Å². The molecule has 0 spiro atoms. The standard InChI is InChI=1S/C14H21N5/c1-8-12(13(15)18-16-8)17-19-14-5-9-2-10(6-14)4-11(3-9)7-14/h9-11H,2-7H2,1H3,(H3,15,16,18). The summed E-state index contributed by atoms with van der Waals surface area (Å²) in [5.41, 5.74) is 7.58. The van der Waals surface area contributed by atoms with Gasteiger partial charge in [-0.05, 0) is 63.2 Å². The number of nitrogens with two attached hydrogens (primary N) is 1. The van der Waals surface area contributed by atoms with E-state index in [1.807, 2.05) is 6.92 Å². The number of hydrogen-bond acceptors (Lipinski definition) is 4. The molecule has 102 valence electrons. The Kier molecular flexibility index (Phi) is 2.29. The lowest BCUT2D eigenvalue weighted by atomic mass is 9.53. The van der Waals surface area contributed by atoms with Crippen LogP contribution in [0.4, 0.5) is 11.5 Å². The number of nitrogen functional groups attached to an aromatic ring is 1. The number of H-pyrrole nitrogens is 1. The first-order valence-corrected chi connectivity index (χ1v) is 7.37. The van der Waals surface area contributed by atoms with E-state index in [1.54, 1.807) is 0 Å². The van der Waals surface area contributed by atoms with E-state index in [0.29, 0.717) is 5.82 Å². The molecule has 4 aliphatic carbocycles. The van der Waals surface area contributed by atoms with Crippen molar-refractivity contribution in [1.82, 2.24) is 10.2 Å². The van der Waals surface area contributed by atoms with Crippen LogP contribution in [0.3, 0.4) is 0 Å². The van der Waals surface area contributed by atoms with E-state index in [0.717, 1.165) is 29.1 Å². The van der Waals surface area contributed by atoms with E-state index in [1.165, 1.54) is 38.5 Å². The van der Waals surface area contributed by atoms with Crippen LogP contribution in [0.25, 0.3) is 0 Å². The zero-order valence-corrected chi connectivity index (χ0v) is 11.4. The highest BCUT2D eigenvalue weighted by Crippen LogP contribution is 2.57. The highest BCUT2D eigenvalue weighted by molar-refractivity contribution is 5.59. The van der Waals surface area contributed by atoms with Gasteiger partial charge >= 0.3 is 0 Å². The molecule has 0 radical (unpaired) electrons. The number of azo groups is 1. The summed E-state index contributed by atoms with van der Waals surface area (Å²) in [4.78, 5) is 0. The molecule has 4 bridgehead atoms. The van der Waals surface area contributed by atoms with E-state index < -0.39 is 0 Å². The van der Waals surface area contributed by atoms with Gasteiger partial charge in [0, 0.05) is 0 Å². The molecule has 0 amide bonds. The fourth-order valence-electron chi connectivity index (χ4n) is 4.91. The monoisotopic (exact) mass is 259 g/mol. The summed E-state index contributed by atoms with van der Waals surface area (Å²) < 4.78 is 0. The maximum Gasteiger partial charge on any atom is 0.173 e. The number of anilines is 1. The molecule has 4 saturated carbocycles. The van der Waals surface area contributed by atoms with E-state index in [2.05, 4.69) is 15.3 Å². The summed E-state index contributed by atoms with van der Waals surface area (Å²) in [6, 6.07) is 0. The first-order chi connectivity index (χ1) is 9.13. The summed E-state index contributed by atoms with van der Waals surface area (Å²) in [7, 11) is 0. The van der Waals surface area contributed by atoms with Crippen LogP contribution in [-0.2, 0) is 0 Å². The molecule has 0 aromatic carbocycles. The van der Waals surface area contributed by atoms with Crippen molar-refractivity contribution in [2.75, 3.05) is 5.73 Å². The van der Waals surface area contributed by atoms with Crippen molar-refractivity contribution >= 4 is 11.5 Å². The van der Waals surface area contributed by atoms with Crippen molar-refractivity contribution in [3.8, 4) is 0 Å². The van der Waals surface area contributed by atoms with E-state index in [9.17, 15) is 0 Å². The van der Waals surface area contributed by atoms with Gasteiger partial charge in [-0.15, -0.1) is 5.11 Å². The predicted molar refractivity (Wildman–Crippen MR) is 73.2 cm³/mol. The molecule has 5 nitrogen and oxygen atoms in total. The highest BCUT2D eigenvalue weighted by atomic mass is 15.2. The van der Waals surface area contributed by atoms with Gasteiger partial charge in [-0.25, -0.2) is 0 Å². The molecule has 0 unspecified atom stereocenters. The second-order valence-corrected chi connectivity index (χ2v) is 6.92. The molecule has 0 saturated heterocycles. The summed E-state index contributed by atoms with van der Waals surface area (Å²) in [5.74, 6) is 3.15. The molecule has 0 aliphatic heterocycles. The highest BCUT2D eigenvalue weighted by Gasteiger charge is 2.51. The fraction of sp³-hybridized carbons (Fsp3) is 0.786. The topological polar surface area (TPSA) is 79.4 Å². The van der Waals surface area contributed by atoms with Gasteiger partial charge in [0.25, 0.3) is 0 Å². The number of rotatable bonds is 2. The minimum Gasteiger partial charge on any atom is -0.380 e. The van der Waals surface area contributed by atoms with Gasteiger partial charge in [0.05, 0.1) is 11.2 Å². The SMILES string of the molecule is Cc1[nH]nc(N)c1N=NC12CC3CC(CC(C3)C1)C2. The van der Waals surface area contributed by atoms with Gasteiger partial charge in [0.1, 0.15) is 5.69 Å². The van der Waals surface area contributed by atoms with Gasteiger partial charge in [-0.3, -0.25) is 5.10 Å². The van der Waals surface area contributed by atoms with Crippen LogP contribution < -0.4 is 5.73 Å². The molecule has 3 N–H and O–H groups in total. The van der Waals surface area contributed by atoms with Crippen LogP contribution in [0.1, 0.15) is 44.2 Å². The van der Waals surface area contributed by atoms with Crippen LogP contribution in [0.5, 0.6) is 0 Å². The third kappa shape index (κ3) is 1.78. The van der Waals surface area contributed by atoms with Crippen LogP contribution in [-0.4, -0.2) is 15.7 Å². The predicted octanol–water partition coefficient (Wildman–Crippen LogP) is 3.35. The van der Waals surface area contributed by atoms with Gasteiger partial charge in [-0.1, -0.05) is 0 Å². The molecule has 5 heteroatoms. The van der Waals surface area contributed by atoms with Crippen LogP contribution in [0, 0.1) is 24.7 Å². The Hall–Kier alpha value is -1.39. The van der Waals surface area contributed by atoms with Crippen molar-refractivity contribution in [3.05, 3.63) is 5.69 Å². The van der Waals surface area contributed by atoms with Crippen molar-refractivity contribution in [2.24, 2.45) is 28.0 Å². The molecule has 1 heterocycles. The number of aromatic nitrogens is 2. The minimum absolute atomic E-state index is 0.116. The zero-order chi connectivity index (χ0) is 13.0. The lowest BCUT2D eigenvalue weighted by Crippen LogP contribution is -2.49. The van der Waals surface area contributed by atoms with Gasteiger partial charge in [-0.2, -0.15) is 10.2 Å². The largest absolute Gasteiger partial charge is 0.380 e. The number of aryl methyl sites for hydroxylation is 1. The molecular formula is C14H21N5. The number of nitrogens with zero attached hydrogens (tertiary/aromatic N) is 3. The van der Waals surface area contributed by atoms with Crippen LogP contribution >= 0.6 is 0 Å². The van der Waals surface area contributed by atoms with Crippen molar-refractivity contribution in [2.45, 2.75) is 51.0 Å². The number of aromatic amines is 1. The van der Waals surface area contributed by atoms with Crippen molar-refractivity contribution in [3.63, 3.8) is 0 Å². The smallest absolute Gasteiger partial charge is 0.173 e. The van der Waals surface area contributed by atoms with E-state index in [4.69, 9.17) is 10.8 Å². The second kappa shape index (κ2) is 3.81. The third-order valence-corrected chi connectivity index (χ3v) is 5.31. The normalized spacial score (nSPS) is 40.4. The number of nitrogens with one attached hydrogen (secondary N) is 1. The molecule has 1 aromatic rings. The lowest BCUT2D eigenvalue weighted by Gasteiger charge is -2.54. The van der Waals surface area contributed by atoms with Gasteiger partial charge < -0.3 is 5.73 Å². The van der Waals surface area contributed by atoms with Crippen molar-refractivity contribution < 1.29 is 0 Å². The summed E-state index contributed by atoms with van der Waals surface area (Å²) in [6.07, 6.45) is 8.00. The van der Waals surface area contributed by atoms with Crippen LogP contribution in [0.2, 0.25) is 0 Å². The average Bonchev–Trinajstić information content (AvgIpc) is 2.65. The number of hydrogen-bond donors (Lipinski definition) is 2. The Morgan fingerprint density at radius 3 is 2.21 bits per heavy atom. The molecule has 1 aromatic heterocycles. The Balaban J connectivity index is 1.63. The Morgan fingerprint density at radius 2 is 1.74 bits per heavy atom. The average molecular weight is 259 g/mol. The molecular weight excluding hydrogens is 238 g/mol. The molecule has 19 heavy (non-hydrogen) atoms. The summed E-state index contributed by atoms with van der Waals surface area (Å²) in [6.45, 7) is 1.94. The minimum atomic E-state index is 0.116. The molecule has 5 rings (SSSR count). The van der Waals surface area contributed by atoms with E-state index >= 15 is 0 Å². The first-order valence-electron chi connectivity index (χ1n) is 7.37. The third-order valence-electron chi connectivity index (χ3n) is 5.31. The molecule has 0 atom stereocenters. The Labute approximate surface area is 113 Å². The maximum absolute atomic E-state index is 5.82. The fourth-order valence-corrected chi connectivity index (χ4v) is 4.91. The summed E-state index contributed by atoms with van der Waals surface area (Å²) in [5, 5.41) is 16.1. The quantitative estimate of drug-likeness (QED) is 0.799. The van der Waals surface area contributed by atoms with Crippen LogP contribution in [0.15, 0.2) is 10.2 Å². The molecule has 4 aliphatic rings. The first kappa shape index (κ1) is 11.4. The zero-order valence-electron chi connectivity index (χ0n) is 11.4. The lowest BCUT2D eigenvalue weighted by molar-refractivity contribution is -0.00155. The Morgan fingerprint density at radius 1 is 1.16 bits per heavy atom. The maximum atomic E-state index is 5.82.